The summed E-state index contributed by atoms with van der Waals surface area (Å²) in [6.45, 7) is 12.0. The van der Waals surface area contributed by atoms with Gasteiger partial charge in [0.2, 0.25) is 0 Å². The molecular formula is C13H28N2. The average molecular weight is 212 g/mol. The Hall–Kier alpha value is -0.0800. The lowest BCUT2D eigenvalue weighted by atomic mass is 9.99. The lowest BCUT2D eigenvalue weighted by Crippen LogP contribution is -2.46. The second-order valence-electron chi connectivity index (χ2n) is 5.46. The summed E-state index contributed by atoms with van der Waals surface area (Å²) in [5.41, 5.74) is 0.337. The molecule has 2 nitrogen and oxygen atoms in total. The molecular weight excluding hydrogens is 184 g/mol. The van der Waals surface area contributed by atoms with E-state index in [1.807, 2.05) is 0 Å². The monoisotopic (exact) mass is 212 g/mol. The molecule has 0 radical (unpaired) electrons. The van der Waals surface area contributed by atoms with E-state index < -0.39 is 0 Å². The Morgan fingerprint density at radius 3 is 2.73 bits per heavy atom. The number of rotatable bonds is 4. The van der Waals surface area contributed by atoms with E-state index in [9.17, 15) is 0 Å². The van der Waals surface area contributed by atoms with Gasteiger partial charge in [0.15, 0.2) is 0 Å². The summed E-state index contributed by atoms with van der Waals surface area (Å²) >= 11 is 0. The molecule has 1 rings (SSSR count). The van der Waals surface area contributed by atoms with Crippen molar-refractivity contribution in [2.75, 3.05) is 26.2 Å². The molecule has 1 aliphatic rings. The normalized spacial score (nSPS) is 23.4. The molecule has 0 amide bonds. The van der Waals surface area contributed by atoms with Crippen LogP contribution in [0.3, 0.4) is 0 Å². The first-order valence-electron chi connectivity index (χ1n) is 6.61. The van der Waals surface area contributed by atoms with E-state index in [2.05, 4.69) is 31.0 Å². The molecule has 90 valence electrons. The van der Waals surface area contributed by atoms with Gasteiger partial charge < -0.3 is 10.2 Å². The molecule has 0 spiro atoms. The van der Waals surface area contributed by atoms with Crippen LogP contribution in [-0.4, -0.2) is 36.6 Å². The van der Waals surface area contributed by atoms with E-state index >= 15 is 0 Å². The Morgan fingerprint density at radius 1 is 1.20 bits per heavy atom. The predicted octanol–water partition coefficient (Wildman–Crippen LogP) is 2.64. The van der Waals surface area contributed by atoms with Crippen molar-refractivity contribution >= 4 is 0 Å². The van der Waals surface area contributed by atoms with Gasteiger partial charge in [-0.2, -0.15) is 0 Å². The van der Waals surface area contributed by atoms with Crippen molar-refractivity contribution in [3.8, 4) is 0 Å². The molecule has 1 saturated heterocycles. The Bertz CT molecular complexity index is 166. The Kier molecular flexibility index (Phi) is 5.62. The summed E-state index contributed by atoms with van der Waals surface area (Å²) in [7, 11) is 0. The van der Waals surface area contributed by atoms with Gasteiger partial charge in [0, 0.05) is 5.54 Å². The zero-order chi connectivity index (χ0) is 11.1. The van der Waals surface area contributed by atoms with Crippen molar-refractivity contribution in [2.24, 2.45) is 0 Å². The molecule has 0 aliphatic carbocycles. The standard InChI is InChI=1S/C13H28N2/c1-4-5-6-10-15-11-7-9-14-13(2,3)8-12-15/h14H,4-12H2,1-3H3. The topological polar surface area (TPSA) is 15.3 Å². The van der Waals surface area contributed by atoms with Gasteiger partial charge in [-0.05, 0) is 59.3 Å². The van der Waals surface area contributed by atoms with Crippen molar-refractivity contribution in [3.63, 3.8) is 0 Å². The fourth-order valence-corrected chi connectivity index (χ4v) is 2.18. The molecule has 1 fully saturated rings. The highest BCUT2D eigenvalue weighted by Gasteiger charge is 2.20. The maximum Gasteiger partial charge on any atom is 0.0137 e. The minimum atomic E-state index is 0.337. The first-order valence-corrected chi connectivity index (χ1v) is 6.61. The third-order valence-corrected chi connectivity index (χ3v) is 3.39. The van der Waals surface area contributed by atoms with E-state index in [4.69, 9.17) is 0 Å². The maximum absolute atomic E-state index is 3.62. The summed E-state index contributed by atoms with van der Waals surface area (Å²) in [6.07, 6.45) is 6.68. The minimum absolute atomic E-state index is 0.337. The highest BCUT2D eigenvalue weighted by molar-refractivity contribution is 4.81. The molecule has 0 atom stereocenters. The molecule has 1 N–H and O–H groups in total. The molecule has 0 aromatic carbocycles. The van der Waals surface area contributed by atoms with E-state index in [0.717, 1.165) is 0 Å². The highest BCUT2D eigenvalue weighted by atomic mass is 15.1. The summed E-state index contributed by atoms with van der Waals surface area (Å²) in [5, 5.41) is 3.62. The van der Waals surface area contributed by atoms with E-state index in [1.165, 1.54) is 58.3 Å². The first-order chi connectivity index (χ1) is 7.14. The van der Waals surface area contributed by atoms with E-state index in [0.29, 0.717) is 5.54 Å². The SMILES string of the molecule is CCCCCN1CCCNC(C)(C)CC1. The van der Waals surface area contributed by atoms with Gasteiger partial charge in [-0.15, -0.1) is 0 Å². The van der Waals surface area contributed by atoms with Gasteiger partial charge in [0.1, 0.15) is 0 Å². The van der Waals surface area contributed by atoms with Crippen LogP contribution >= 0.6 is 0 Å². The van der Waals surface area contributed by atoms with E-state index in [1.54, 1.807) is 0 Å². The molecule has 15 heavy (non-hydrogen) atoms. The van der Waals surface area contributed by atoms with Crippen LogP contribution in [0.2, 0.25) is 0 Å². The van der Waals surface area contributed by atoms with Gasteiger partial charge in [0.05, 0.1) is 0 Å². The smallest absolute Gasteiger partial charge is 0.0137 e. The molecule has 0 unspecified atom stereocenters. The summed E-state index contributed by atoms with van der Waals surface area (Å²) in [6, 6.07) is 0. The summed E-state index contributed by atoms with van der Waals surface area (Å²) in [4.78, 5) is 2.65. The Labute approximate surface area is 95.4 Å². The van der Waals surface area contributed by atoms with Crippen LogP contribution in [0.4, 0.5) is 0 Å². The minimum Gasteiger partial charge on any atom is -0.312 e. The highest BCUT2D eigenvalue weighted by Crippen LogP contribution is 2.13. The Balaban J connectivity index is 2.25. The molecule has 0 aromatic rings. The number of nitrogens with zero attached hydrogens (tertiary/aromatic N) is 1. The second-order valence-corrected chi connectivity index (χ2v) is 5.46. The van der Waals surface area contributed by atoms with Gasteiger partial charge in [-0.25, -0.2) is 0 Å². The zero-order valence-corrected chi connectivity index (χ0v) is 10.8. The number of hydrogen-bond donors (Lipinski definition) is 1. The maximum atomic E-state index is 3.62. The third-order valence-electron chi connectivity index (χ3n) is 3.39. The van der Waals surface area contributed by atoms with Crippen LogP contribution in [0.5, 0.6) is 0 Å². The lowest BCUT2D eigenvalue weighted by Gasteiger charge is -2.33. The quantitative estimate of drug-likeness (QED) is 0.721. The molecule has 0 aromatic heterocycles. The number of hydrogen-bond acceptors (Lipinski definition) is 2. The molecule has 0 saturated carbocycles. The third kappa shape index (κ3) is 5.53. The van der Waals surface area contributed by atoms with Crippen molar-refractivity contribution < 1.29 is 0 Å². The van der Waals surface area contributed by atoms with Crippen molar-refractivity contribution in [1.82, 2.24) is 10.2 Å². The van der Waals surface area contributed by atoms with Crippen LogP contribution in [0.25, 0.3) is 0 Å². The van der Waals surface area contributed by atoms with Gasteiger partial charge >= 0.3 is 0 Å². The van der Waals surface area contributed by atoms with Crippen LogP contribution in [0, 0.1) is 0 Å². The van der Waals surface area contributed by atoms with Crippen LogP contribution in [0.1, 0.15) is 52.9 Å². The molecule has 0 bridgehead atoms. The molecule has 1 heterocycles. The lowest BCUT2D eigenvalue weighted by molar-refractivity contribution is 0.202. The van der Waals surface area contributed by atoms with Crippen molar-refractivity contribution in [1.29, 1.82) is 0 Å². The van der Waals surface area contributed by atoms with Crippen molar-refractivity contribution in [2.45, 2.75) is 58.4 Å². The molecule has 2 heteroatoms. The number of nitrogens with one attached hydrogen (secondary N) is 1. The van der Waals surface area contributed by atoms with Gasteiger partial charge in [0.25, 0.3) is 0 Å². The Morgan fingerprint density at radius 2 is 2.00 bits per heavy atom. The first kappa shape index (κ1) is 13.0. The average Bonchev–Trinajstić information content (AvgIpc) is 2.17. The van der Waals surface area contributed by atoms with Gasteiger partial charge in [-0.1, -0.05) is 19.8 Å². The summed E-state index contributed by atoms with van der Waals surface area (Å²) < 4.78 is 0. The predicted molar refractivity (Wildman–Crippen MR) is 67.3 cm³/mol. The molecule has 1 aliphatic heterocycles. The number of unbranched alkanes of at least 4 members (excludes halogenated alkanes) is 2. The fourth-order valence-electron chi connectivity index (χ4n) is 2.18. The second kappa shape index (κ2) is 6.49. The van der Waals surface area contributed by atoms with Crippen molar-refractivity contribution in [3.05, 3.63) is 0 Å². The fraction of sp³-hybridized carbons (Fsp3) is 1.00. The van der Waals surface area contributed by atoms with Gasteiger partial charge in [-0.3, -0.25) is 0 Å². The van der Waals surface area contributed by atoms with Crippen LogP contribution < -0.4 is 5.32 Å². The zero-order valence-electron chi connectivity index (χ0n) is 10.8. The van der Waals surface area contributed by atoms with E-state index in [-0.39, 0.29) is 0 Å². The largest absolute Gasteiger partial charge is 0.312 e. The van der Waals surface area contributed by atoms with Crippen LogP contribution in [0.15, 0.2) is 0 Å². The van der Waals surface area contributed by atoms with Crippen LogP contribution in [-0.2, 0) is 0 Å². The summed E-state index contributed by atoms with van der Waals surface area (Å²) in [5.74, 6) is 0.